The van der Waals surface area contributed by atoms with Crippen LogP contribution in [0.3, 0.4) is 0 Å². The van der Waals surface area contributed by atoms with Gasteiger partial charge in [-0.2, -0.15) is 28.8 Å². The number of halogens is 3. The zero-order chi connectivity index (χ0) is 19.6. The van der Waals surface area contributed by atoms with Gasteiger partial charge in [-0.3, -0.25) is 0 Å². The Morgan fingerprint density at radius 1 is 1.15 bits per heavy atom. The number of nitrogens with zero attached hydrogens (tertiary/aromatic N) is 5. The molecule has 8 heteroatoms. The van der Waals surface area contributed by atoms with Gasteiger partial charge < -0.3 is 4.90 Å². The zero-order valence-corrected chi connectivity index (χ0v) is 15.1. The molecule has 1 aromatic rings. The monoisotopic (exact) mass is 365 g/mol. The molecule has 0 aromatic carbocycles. The van der Waals surface area contributed by atoms with Crippen molar-refractivity contribution in [2.45, 2.75) is 58.2 Å². The Morgan fingerprint density at radius 2 is 1.81 bits per heavy atom. The summed E-state index contributed by atoms with van der Waals surface area (Å²) in [6.45, 7) is 6.64. The molecule has 2 rings (SSSR count). The molecule has 1 aliphatic heterocycles. The first-order chi connectivity index (χ1) is 12.0. The normalized spacial score (nSPS) is 15.2. The predicted octanol–water partition coefficient (Wildman–Crippen LogP) is 4.28. The zero-order valence-electron chi connectivity index (χ0n) is 15.1. The Balaban J connectivity index is 2.41. The molecule has 0 bridgehead atoms. The van der Waals surface area contributed by atoms with E-state index in [1.165, 1.54) is 0 Å². The van der Waals surface area contributed by atoms with E-state index in [-0.39, 0.29) is 12.0 Å². The van der Waals surface area contributed by atoms with Crippen molar-refractivity contribution in [2.75, 3.05) is 11.4 Å². The first kappa shape index (κ1) is 19.8. The molecule has 0 amide bonds. The summed E-state index contributed by atoms with van der Waals surface area (Å²) in [6, 6.07) is 3.63. The molecule has 0 atom stereocenters. The van der Waals surface area contributed by atoms with Crippen LogP contribution in [0.2, 0.25) is 0 Å². The fraction of sp³-hybridized carbons (Fsp3) is 0.611. The smallest absolute Gasteiger partial charge is 0.333 e. The minimum absolute atomic E-state index is 0.0914. The molecule has 0 radical (unpaired) electrons. The van der Waals surface area contributed by atoms with Gasteiger partial charge in [-0.05, 0) is 33.6 Å². The molecule has 0 N–H and O–H groups in total. The number of hydrogen-bond donors (Lipinski definition) is 0. The van der Waals surface area contributed by atoms with Gasteiger partial charge in [-0.25, -0.2) is 4.68 Å². The fourth-order valence-electron chi connectivity index (χ4n) is 2.95. The Labute approximate surface area is 151 Å². The highest BCUT2D eigenvalue weighted by Gasteiger charge is 2.39. The minimum Gasteiger partial charge on any atom is -0.333 e. The minimum atomic E-state index is -4.41. The third kappa shape index (κ3) is 4.37. The van der Waals surface area contributed by atoms with E-state index in [1.54, 1.807) is 10.9 Å². The van der Waals surface area contributed by atoms with Crippen LogP contribution in [0.5, 0.6) is 0 Å². The summed E-state index contributed by atoms with van der Waals surface area (Å²) in [7, 11) is 0. The molecule has 0 fully saturated rings. The summed E-state index contributed by atoms with van der Waals surface area (Å²) in [4.78, 5) is 1.97. The second-order valence-corrected chi connectivity index (χ2v) is 7.54. The van der Waals surface area contributed by atoms with Crippen LogP contribution < -0.4 is 4.90 Å². The number of hydrogen-bond acceptors (Lipinski definition) is 4. The number of rotatable bonds is 5. The quantitative estimate of drug-likeness (QED) is 0.781. The molecular formula is C18H22F3N5. The lowest BCUT2D eigenvalue weighted by Gasteiger charge is -2.28. The molecule has 0 saturated carbocycles. The van der Waals surface area contributed by atoms with Crippen molar-refractivity contribution in [3.8, 4) is 12.1 Å². The summed E-state index contributed by atoms with van der Waals surface area (Å²) in [5.74, 6) is 0.730. The van der Waals surface area contributed by atoms with Crippen LogP contribution in [0.15, 0.2) is 18.5 Å². The Hall–Kier alpha value is -2.48. The second kappa shape index (κ2) is 7.03. The van der Waals surface area contributed by atoms with Crippen LogP contribution in [0.4, 0.5) is 19.0 Å². The summed E-state index contributed by atoms with van der Waals surface area (Å²) >= 11 is 0. The van der Waals surface area contributed by atoms with Crippen molar-refractivity contribution in [1.82, 2.24) is 9.78 Å². The third-order valence-corrected chi connectivity index (χ3v) is 4.30. The van der Waals surface area contributed by atoms with Gasteiger partial charge in [0.15, 0.2) is 0 Å². The molecule has 140 valence electrons. The van der Waals surface area contributed by atoms with Crippen molar-refractivity contribution in [3.63, 3.8) is 0 Å². The predicted molar refractivity (Wildman–Crippen MR) is 91.0 cm³/mol. The molecule has 26 heavy (non-hydrogen) atoms. The lowest BCUT2D eigenvalue weighted by molar-refractivity contribution is -0.138. The summed E-state index contributed by atoms with van der Waals surface area (Å²) in [5, 5.41) is 23.3. The Kier molecular flexibility index (Phi) is 5.36. The molecule has 0 aliphatic carbocycles. The van der Waals surface area contributed by atoms with Crippen LogP contribution >= 0.6 is 0 Å². The molecule has 1 aliphatic rings. The van der Waals surface area contributed by atoms with Gasteiger partial charge in [0.25, 0.3) is 0 Å². The van der Waals surface area contributed by atoms with Gasteiger partial charge in [0.05, 0.1) is 23.9 Å². The molecule has 2 heterocycles. The topological polar surface area (TPSA) is 68.6 Å². The van der Waals surface area contributed by atoms with Gasteiger partial charge >= 0.3 is 6.18 Å². The van der Waals surface area contributed by atoms with Gasteiger partial charge in [0.2, 0.25) is 0 Å². The highest BCUT2D eigenvalue weighted by atomic mass is 19.4. The average molecular weight is 365 g/mol. The summed E-state index contributed by atoms with van der Waals surface area (Å²) in [5.41, 5.74) is -1.48. The highest BCUT2D eigenvalue weighted by Crippen LogP contribution is 2.37. The summed E-state index contributed by atoms with van der Waals surface area (Å²) in [6.07, 6.45) is 0.0866. The van der Waals surface area contributed by atoms with E-state index >= 15 is 0 Å². The standard InChI is InChI=1S/C18H22F3N5/c1-16(2,3)26-15(25-8-4-5-9-25)14(11-24-26)10-17(12-22,13-23)6-7-18(19,20)21/h4,8,11H,5-7,9-10H2,1-3H3. The molecule has 0 saturated heterocycles. The van der Waals surface area contributed by atoms with Crippen molar-refractivity contribution in [2.24, 2.45) is 5.41 Å². The van der Waals surface area contributed by atoms with Crippen molar-refractivity contribution in [3.05, 3.63) is 24.0 Å². The third-order valence-electron chi connectivity index (χ3n) is 4.30. The van der Waals surface area contributed by atoms with Crippen molar-refractivity contribution in [1.29, 1.82) is 10.5 Å². The van der Waals surface area contributed by atoms with E-state index < -0.39 is 24.4 Å². The number of alkyl halides is 3. The van der Waals surface area contributed by atoms with Gasteiger partial charge in [0.1, 0.15) is 11.2 Å². The Bertz CT molecular complexity index is 742. The van der Waals surface area contributed by atoms with Crippen LogP contribution in [0.25, 0.3) is 0 Å². The maximum Gasteiger partial charge on any atom is 0.389 e. The number of anilines is 1. The fourth-order valence-corrected chi connectivity index (χ4v) is 2.95. The average Bonchev–Trinajstić information content (AvgIpc) is 3.19. The van der Waals surface area contributed by atoms with E-state index in [1.807, 2.05) is 50.1 Å². The van der Waals surface area contributed by atoms with Crippen LogP contribution in [-0.4, -0.2) is 22.5 Å². The molecule has 0 unspecified atom stereocenters. The van der Waals surface area contributed by atoms with E-state index in [4.69, 9.17) is 0 Å². The van der Waals surface area contributed by atoms with E-state index in [0.717, 1.165) is 18.8 Å². The Morgan fingerprint density at radius 3 is 2.27 bits per heavy atom. The van der Waals surface area contributed by atoms with Crippen molar-refractivity contribution >= 4 is 5.82 Å². The first-order valence-corrected chi connectivity index (χ1v) is 8.41. The van der Waals surface area contributed by atoms with Gasteiger partial charge in [0, 0.05) is 31.1 Å². The second-order valence-electron chi connectivity index (χ2n) is 7.54. The number of nitriles is 2. The first-order valence-electron chi connectivity index (χ1n) is 8.41. The molecule has 1 aromatic heterocycles. The maximum atomic E-state index is 12.6. The van der Waals surface area contributed by atoms with E-state index in [2.05, 4.69) is 5.10 Å². The molecular weight excluding hydrogens is 343 g/mol. The van der Waals surface area contributed by atoms with E-state index in [9.17, 15) is 23.7 Å². The largest absolute Gasteiger partial charge is 0.389 e. The highest BCUT2D eigenvalue weighted by molar-refractivity contribution is 5.53. The van der Waals surface area contributed by atoms with Crippen LogP contribution in [0.1, 0.15) is 45.6 Å². The van der Waals surface area contributed by atoms with Gasteiger partial charge in [-0.1, -0.05) is 6.08 Å². The van der Waals surface area contributed by atoms with Gasteiger partial charge in [-0.15, -0.1) is 0 Å². The van der Waals surface area contributed by atoms with Crippen molar-refractivity contribution < 1.29 is 13.2 Å². The SMILES string of the molecule is CC(C)(C)n1ncc(CC(C#N)(C#N)CCC(F)(F)F)c1N1C=CCC1. The lowest BCUT2D eigenvalue weighted by Crippen LogP contribution is -2.29. The number of aromatic nitrogens is 2. The summed E-state index contributed by atoms with van der Waals surface area (Å²) < 4.78 is 39.7. The molecule has 5 nitrogen and oxygen atoms in total. The maximum absolute atomic E-state index is 12.6. The lowest BCUT2D eigenvalue weighted by atomic mass is 9.80. The van der Waals surface area contributed by atoms with E-state index in [0.29, 0.717) is 5.56 Å². The van der Waals surface area contributed by atoms with Crippen LogP contribution in [0, 0.1) is 28.1 Å². The van der Waals surface area contributed by atoms with Crippen LogP contribution in [-0.2, 0) is 12.0 Å². The molecule has 0 spiro atoms.